The molecular weight excluding hydrogens is 1370 g/mol. The van der Waals surface area contributed by atoms with Crippen molar-refractivity contribution in [3.63, 3.8) is 0 Å². The molecule has 2 atom stereocenters. The molecule has 2 saturated heterocycles. The van der Waals surface area contributed by atoms with Crippen LogP contribution < -0.4 is 31.1 Å². The van der Waals surface area contributed by atoms with Crippen molar-refractivity contribution in [1.29, 1.82) is 0 Å². The highest BCUT2D eigenvalue weighted by atomic mass is 79.9. The minimum atomic E-state index is -1.33. The molecule has 8 aromatic rings. The van der Waals surface area contributed by atoms with Crippen LogP contribution in [0.25, 0.3) is 22.5 Å². The molecule has 99 heavy (non-hydrogen) atoms. The number of ether oxygens (including phenoxy) is 4. The number of hydrogen-bond acceptors (Lipinski definition) is 16. The molecule has 5 N–H and O–H groups in total. The first-order valence-corrected chi connectivity index (χ1v) is 41.8. The highest BCUT2D eigenvalue weighted by molar-refractivity contribution is 9.08. The number of para-hydroxylation sites is 2. The van der Waals surface area contributed by atoms with E-state index in [1.165, 1.54) is 17.7 Å². The van der Waals surface area contributed by atoms with Crippen molar-refractivity contribution in [3.05, 3.63) is 157 Å². The minimum absolute atomic E-state index is 0.126. The van der Waals surface area contributed by atoms with Gasteiger partial charge in [0.15, 0.2) is 0 Å². The van der Waals surface area contributed by atoms with Crippen molar-refractivity contribution in [2.24, 2.45) is 0 Å². The Morgan fingerprint density at radius 2 is 1.09 bits per heavy atom. The van der Waals surface area contributed by atoms with E-state index in [1.54, 1.807) is 129 Å². The van der Waals surface area contributed by atoms with Gasteiger partial charge in [0.2, 0.25) is 11.6 Å². The lowest BCUT2D eigenvalue weighted by atomic mass is 10.0. The molecule has 2 fully saturated rings. The SMILES string of the molecule is BrCc1cccnc1.CC(C)(C)OC(=O)N[C@@H]1CCCN(c2c(F)cccc2NC(=O)c2nc(-c3cn[nH]c3)cn2COCC[Si](C)(C)C)C1.CC(C)(C)OC(=O)N[C@@H]1CCCN(c2c(F)cccc2NC(=O)c2nc(-c3cnn(Cc4cccnc4)c3)cn2COCC[Si](C)(C)C)C1. The summed E-state index contributed by atoms with van der Waals surface area (Å²) in [6.45, 7) is 28.3. The number of carbonyl (C=O) groups is 4. The maximum Gasteiger partial charge on any atom is 0.407 e. The smallest absolute Gasteiger partial charge is 0.407 e. The van der Waals surface area contributed by atoms with Crippen LogP contribution in [0.4, 0.5) is 41.1 Å². The largest absolute Gasteiger partial charge is 0.444 e. The molecule has 24 nitrogen and oxygen atoms in total. The van der Waals surface area contributed by atoms with Gasteiger partial charge in [0.05, 0.1) is 53.1 Å². The lowest BCUT2D eigenvalue weighted by Crippen LogP contribution is -2.49. The zero-order valence-electron chi connectivity index (χ0n) is 58.8. The zero-order valence-corrected chi connectivity index (χ0v) is 62.4. The number of rotatable bonds is 23. The maximum absolute atomic E-state index is 15.5. The summed E-state index contributed by atoms with van der Waals surface area (Å²) < 4.78 is 58.7. The van der Waals surface area contributed by atoms with Crippen molar-refractivity contribution in [3.8, 4) is 22.5 Å². The number of hydrogen-bond donors (Lipinski definition) is 5. The minimum Gasteiger partial charge on any atom is -0.444 e. The Hall–Kier alpha value is -8.65. The fourth-order valence-electron chi connectivity index (χ4n) is 10.7. The first kappa shape index (κ1) is 76.1. The van der Waals surface area contributed by atoms with Gasteiger partial charge in [0.1, 0.15) is 36.3 Å². The van der Waals surface area contributed by atoms with Gasteiger partial charge in [-0.25, -0.2) is 28.3 Å². The number of aromatic amines is 1. The molecule has 0 bridgehead atoms. The van der Waals surface area contributed by atoms with Crippen LogP contribution in [0.1, 0.15) is 99.6 Å². The summed E-state index contributed by atoms with van der Waals surface area (Å²) >= 11 is 3.32. The molecule has 0 unspecified atom stereocenters. The standard InChI is InChI=1S/C35H47FN8O4Si.C29H42FN7O4Si.C6H6BrN/c1-35(2,3)48-34(46)39-27-11-9-15-42(22-27)31-28(36)12-7-13-29(31)41-33(45)32-40-30(23-43(32)24-47-16-17-49(4,5)6)26-19-38-44(21-26)20-25-10-8-14-37-18-25;1-29(2,3)41-28(39)33-21-9-8-12-36(17-21)25-22(30)10-7-11-23(25)35-27(38)26-34-24(20-15-31-32-16-20)18-37(26)19-40-13-14-42(4,5)6;7-4-6-2-1-3-8-5-6/h7-8,10,12-14,18-19,21,23,27H,9,11,15-17,20,22,24H2,1-6H3,(H,39,46)(H,41,45);7,10-11,15-16,18,21H,8-9,12-14,17,19H2,1-6H3,(H,31,32)(H,33,39)(H,35,38);1-3,5H,4H2/t27-;21-;/m11./s1. The zero-order chi connectivity index (χ0) is 71.5. The molecule has 2 aliphatic rings. The fraction of sp³-hybridized carbons (Fsp3) is 0.457. The fourth-order valence-corrected chi connectivity index (χ4v) is 12.5. The topological polar surface area (TPSA) is 268 Å². The first-order valence-electron chi connectivity index (χ1n) is 33.3. The normalized spacial score (nSPS) is 15.0. The number of pyridine rings is 2. The summed E-state index contributed by atoms with van der Waals surface area (Å²) in [7, 11) is -2.61. The van der Waals surface area contributed by atoms with Gasteiger partial charge in [-0.15, -0.1) is 0 Å². The lowest BCUT2D eigenvalue weighted by molar-refractivity contribution is 0.0488. The third kappa shape index (κ3) is 24.3. The van der Waals surface area contributed by atoms with Gasteiger partial charge in [-0.2, -0.15) is 10.2 Å². The maximum atomic E-state index is 15.5. The monoisotopic (exact) mass is 1460 g/mol. The van der Waals surface area contributed by atoms with Crippen LogP contribution in [-0.4, -0.2) is 152 Å². The van der Waals surface area contributed by atoms with Crippen LogP contribution in [0.3, 0.4) is 0 Å². The van der Waals surface area contributed by atoms with Gasteiger partial charge < -0.3 is 59.1 Å². The highest BCUT2D eigenvalue weighted by Gasteiger charge is 2.31. The van der Waals surface area contributed by atoms with Crippen molar-refractivity contribution in [1.82, 2.24) is 59.7 Å². The Kier molecular flexibility index (Phi) is 26.8. The first-order chi connectivity index (χ1) is 47.0. The van der Waals surface area contributed by atoms with E-state index in [0.29, 0.717) is 68.7 Å². The number of benzene rings is 2. The van der Waals surface area contributed by atoms with E-state index < -0.39 is 63.0 Å². The summed E-state index contributed by atoms with van der Waals surface area (Å²) in [5, 5.41) is 23.7. The van der Waals surface area contributed by atoms with Crippen molar-refractivity contribution in [2.75, 3.05) is 59.8 Å². The number of piperidine rings is 2. The van der Waals surface area contributed by atoms with Crippen LogP contribution in [0.15, 0.2) is 123 Å². The molecule has 532 valence electrons. The Bertz CT molecular complexity index is 3910. The molecule has 0 radical (unpaired) electrons. The van der Waals surface area contributed by atoms with E-state index in [1.807, 2.05) is 46.5 Å². The molecule has 10 rings (SSSR count). The molecule has 6 aromatic heterocycles. The number of nitrogens with zero attached hydrogens (tertiary/aromatic N) is 11. The number of H-pyrrole nitrogens is 1. The molecule has 4 amide bonds. The molecule has 29 heteroatoms. The summed E-state index contributed by atoms with van der Waals surface area (Å²) in [4.78, 5) is 73.4. The van der Waals surface area contributed by atoms with Crippen molar-refractivity contribution in [2.45, 2.75) is 167 Å². The summed E-state index contributed by atoms with van der Waals surface area (Å²) in [5.41, 5.74) is 4.70. The molecule has 2 aromatic carbocycles. The molecule has 8 heterocycles. The van der Waals surface area contributed by atoms with Gasteiger partial charge >= 0.3 is 12.2 Å². The van der Waals surface area contributed by atoms with Crippen LogP contribution in [-0.2, 0) is 44.3 Å². The number of alkyl halides is 1. The highest BCUT2D eigenvalue weighted by Crippen LogP contribution is 2.35. The Labute approximate surface area is 588 Å². The third-order valence-corrected chi connectivity index (χ3v) is 19.5. The number of halogens is 3. The quantitative estimate of drug-likeness (QED) is 0.0226. The lowest BCUT2D eigenvalue weighted by Gasteiger charge is -2.36. The summed E-state index contributed by atoms with van der Waals surface area (Å²) in [6, 6.07) is 18.5. The van der Waals surface area contributed by atoms with Gasteiger partial charge in [-0.05, 0) is 127 Å². The number of nitrogens with one attached hydrogen (secondary N) is 5. The second-order valence-electron chi connectivity index (χ2n) is 28.8. The molecule has 0 aliphatic carbocycles. The predicted octanol–water partition coefficient (Wildman–Crippen LogP) is 13.8. The van der Waals surface area contributed by atoms with E-state index >= 15 is 8.78 Å². The third-order valence-electron chi connectivity index (χ3n) is 15.5. The van der Waals surface area contributed by atoms with E-state index in [0.717, 1.165) is 59.8 Å². The molecule has 0 spiro atoms. The van der Waals surface area contributed by atoms with Crippen LogP contribution in [0, 0.1) is 11.6 Å². The number of anilines is 4. The van der Waals surface area contributed by atoms with E-state index in [9.17, 15) is 19.2 Å². The summed E-state index contributed by atoms with van der Waals surface area (Å²) in [5.74, 6) is -1.68. The van der Waals surface area contributed by atoms with Gasteiger partial charge in [0.25, 0.3) is 11.8 Å². The van der Waals surface area contributed by atoms with Crippen molar-refractivity contribution >= 4 is 78.8 Å². The number of imidazole rings is 2. The number of amides is 4. The van der Waals surface area contributed by atoms with Gasteiger partial charge in [-0.1, -0.05) is 79.5 Å². The van der Waals surface area contributed by atoms with E-state index in [4.69, 9.17) is 23.9 Å². The Balaban J connectivity index is 0.000000228. The molecule has 2 aliphatic heterocycles. The van der Waals surface area contributed by atoms with E-state index in [-0.39, 0.29) is 48.6 Å². The van der Waals surface area contributed by atoms with Gasteiger partial charge in [-0.3, -0.25) is 29.3 Å². The average Bonchev–Trinajstić information content (AvgIpc) is 1.79. The summed E-state index contributed by atoms with van der Waals surface area (Å²) in [6.07, 6.45) is 19.4. The second kappa shape index (κ2) is 34.9. The van der Waals surface area contributed by atoms with E-state index in [2.05, 4.69) is 107 Å². The van der Waals surface area contributed by atoms with Crippen LogP contribution in [0.2, 0.25) is 51.4 Å². The number of carbonyl (C=O) groups excluding carboxylic acids is 4. The number of alkyl carbamates (subject to hydrolysis) is 2. The Morgan fingerprint density at radius 1 is 0.616 bits per heavy atom. The second-order valence-corrected chi connectivity index (χ2v) is 40.7. The molecule has 0 saturated carbocycles. The Morgan fingerprint density at radius 3 is 1.51 bits per heavy atom. The average molecular weight is 1460 g/mol. The number of aromatic nitrogens is 10. The van der Waals surface area contributed by atoms with Crippen LogP contribution in [0.5, 0.6) is 0 Å². The van der Waals surface area contributed by atoms with Crippen LogP contribution >= 0.6 is 15.9 Å². The van der Waals surface area contributed by atoms with Crippen molar-refractivity contribution < 1.29 is 46.9 Å². The molecular formula is C70H95BrF2N16O8Si2. The predicted molar refractivity (Wildman–Crippen MR) is 390 cm³/mol. The van der Waals surface area contributed by atoms with Gasteiger partial charge in [0, 0.05) is 134 Å².